The zero-order valence-electron chi connectivity index (χ0n) is 12.3. The van der Waals surface area contributed by atoms with E-state index in [0.29, 0.717) is 5.92 Å². The Hall–Kier alpha value is -2.34. The van der Waals surface area contributed by atoms with Crippen LogP contribution >= 0.6 is 0 Å². The molecule has 4 N–H and O–H groups in total. The molecule has 21 heavy (non-hydrogen) atoms. The first-order chi connectivity index (χ1) is 10.1. The number of hydrogen-bond acceptors (Lipinski definition) is 4. The van der Waals surface area contributed by atoms with Crippen LogP contribution in [0.2, 0.25) is 0 Å². The van der Waals surface area contributed by atoms with Crippen LogP contribution in [0.3, 0.4) is 0 Å². The maximum atomic E-state index is 11.8. The molecule has 0 fully saturated rings. The minimum Gasteiger partial charge on any atom is -0.347 e. The molecule has 1 aromatic carbocycles. The predicted octanol–water partition coefficient (Wildman–Crippen LogP) is 0.737. The summed E-state index contributed by atoms with van der Waals surface area (Å²) in [4.78, 5) is 20.3. The molecule has 0 unspecified atom stereocenters. The zero-order valence-corrected chi connectivity index (χ0v) is 12.3. The van der Waals surface area contributed by atoms with Gasteiger partial charge in [0.05, 0.1) is 17.2 Å². The topological polar surface area (TPSA) is 94.9 Å². The van der Waals surface area contributed by atoms with E-state index in [4.69, 9.17) is 0 Å². The van der Waals surface area contributed by atoms with Gasteiger partial charge < -0.3 is 5.73 Å². The molecule has 0 aliphatic rings. The van der Waals surface area contributed by atoms with Gasteiger partial charge in [-0.3, -0.25) is 14.8 Å². The van der Waals surface area contributed by atoms with Gasteiger partial charge >= 0.3 is 0 Å². The molecular weight excluding hydrogens is 266 g/mol. The number of nitrogens with one attached hydrogen (secondary N) is 1. The van der Waals surface area contributed by atoms with Crippen LogP contribution in [0.15, 0.2) is 35.7 Å². The van der Waals surface area contributed by atoms with Crippen LogP contribution in [0, 0.1) is 5.92 Å². The molecule has 0 radical (unpaired) electrons. The summed E-state index contributed by atoms with van der Waals surface area (Å²) in [7, 11) is 0. The number of quaternary nitrogens is 1. The highest BCUT2D eigenvalue weighted by atomic mass is 16.2. The van der Waals surface area contributed by atoms with Gasteiger partial charge in [0.1, 0.15) is 0 Å². The van der Waals surface area contributed by atoms with Gasteiger partial charge in [0, 0.05) is 24.4 Å². The Balaban J connectivity index is 2.05. The van der Waals surface area contributed by atoms with Gasteiger partial charge in [-0.05, 0) is 12.0 Å². The monoisotopic (exact) mass is 286 g/mol. The average Bonchev–Trinajstić information content (AvgIpc) is 2.46. The van der Waals surface area contributed by atoms with Crippen molar-refractivity contribution in [2.45, 2.75) is 26.3 Å². The predicted molar refractivity (Wildman–Crippen MR) is 81.4 cm³/mol. The van der Waals surface area contributed by atoms with Gasteiger partial charge in [-0.1, -0.05) is 26.0 Å². The summed E-state index contributed by atoms with van der Waals surface area (Å²) >= 11 is 0. The van der Waals surface area contributed by atoms with E-state index in [2.05, 4.69) is 40.1 Å². The highest BCUT2D eigenvalue weighted by Gasteiger charge is 2.17. The smallest absolute Gasteiger partial charge is 0.298 e. The first-order valence-corrected chi connectivity index (χ1v) is 6.93. The molecule has 1 aromatic heterocycles. The number of para-hydroxylation sites is 1. The third kappa shape index (κ3) is 4.06. The van der Waals surface area contributed by atoms with E-state index in [9.17, 15) is 4.79 Å². The van der Waals surface area contributed by atoms with E-state index in [1.807, 2.05) is 18.2 Å². The first kappa shape index (κ1) is 15.1. The third-order valence-corrected chi connectivity index (χ3v) is 3.03. The van der Waals surface area contributed by atoms with Crippen molar-refractivity contribution < 1.29 is 10.5 Å². The molecule has 6 nitrogen and oxygen atoms in total. The molecule has 0 saturated heterocycles. The lowest BCUT2D eigenvalue weighted by molar-refractivity contribution is -0.406. The van der Waals surface area contributed by atoms with Crippen molar-refractivity contribution in [3.05, 3.63) is 36.2 Å². The number of hydrazone groups is 1. The number of benzene rings is 1. The fourth-order valence-electron chi connectivity index (χ4n) is 2.05. The second-order valence-corrected chi connectivity index (χ2v) is 5.33. The molecule has 2 rings (SSSR count). The van der Waals surface area contributed by atoms with Crippen molar-refractivity contribution in [1.29, 1.82) is 0 Å². The number of rotatable bonds is 5. The first-order valence-electron chi connectivity index (χ1n) is 6.93. The second kappa shape index (κ2) is 6.90. The minimum atomic E-state index is -0.297. The lowest BCUT2D eigenvalue weighted by atomic mass is 10.0. The molecule has 0 aliphatic heterocycles. The quantitative estimate of drug-likeness (QED) is 0.627. The Bertz CT molecular complexity index is 648. The number of amides is 1. The van der Waals surface area contributed by atoms with E-state index < -0.39 is 0 Å². The number of hydrogen-bond donors (Lipinski definition) is 2. The van der Waals surface area contributed by atoms with Gasteiger partial charge in [-0.25, -0.2) is 5.43 Å². The van der Waals surface area contributed by atoms with Gasteiger partial charge in [0.25, 0.3) is 5.91 Å². The summed E-state index contributed by atoms with van der Waals surface area (Å²) in [6, 6.07) is 5.34. The molecule has 1 amide bonds. The van der Waals surface area contributed by atoms with Gasteiger partial charge in [-0.15, -0.1) is 0 Å². The molecular formula is C15H20N5O+. The third-order valence-electron chi connectivity index (χ3n) is 3.03. The van der Waals surface area contributed by atoms with Crippen LogP contribution in [0.4, 0.5) is 0 Å². The molecule has 0 spiro atoms. The largest absolute Gasteiger partial charge is 0.347 e. The fraction of sp³-hybridized carbons (Fsp3) is 0.333. The minimum absolute atomic E-state index is 0.175. The maximum Gasteiger partial charge on any atom is 0.298 e. The van der Waals surface area contributed by atoms with Crippen molar-refractivity contribution in [1.82, 2.24) is 15.4 Å². The van der Waals surface area contributed by atoms with Crippen LogP contribution in [-0.4, -0.2) is 28.1 Å². The number of carbonyl (C=O) groups excluding carboxylic acids is 1. The summed E-state index contributed by atoms with van der Waals surface area (Å²) < 4.78 is 0. The average molecular weight is 286 g/mol. The maximum absolute atomic E-state index is 11.8. The molecule has 0 bridgehead atoms. The Morgan fingerprint density at radius 2 is 2.14 bits per heavy atom. The molecule has 1 atom stereocenters. The van der Waals surface area contributed by atoms with Gasteiger partial charge in [0.15, 0.2) is 6.04 Å². The standard InChI is InChI=1S/C15H19N5O/c1-10(2)8-12(16)15(21)20-19-9-11-4-3-5-13-14(11)18-7-6-17-13/h3-7,9-10,12H,8,16H2,1-2H3,(H,20,21)/p+1/b19-9-/t12-/m0/s1. The van der Waals surface area contributed by atoms with E-state index in [1.54, 1.807) is 18.6 Å². The van der Waals surface area contributed by atoms with Crippen molar-refractivity contribution in [2.75, 3.05) is 0 Å². The highest BCUT2D eigenvalue weighted by Crippen LogP contribution is 2.11. The van der Waals surface area contributed by atoms with E-state index in [-0.39, 0.29) is 11.9 Å². The molecule has 6 heteroatoms. The van der Waals surface area contributed by atoms with Crippen LogP contribution < -0.4 is 11.2 Å². The summed E-state index contributed by atoms with van der Waals surface area (Å²) in [5.41, 5.74) is 8.73. The molecule has 0 saturated carbocycles. The molecule has 110 valence electrons. The summed E-state index contributed by atoms with van der Waals surface area (Å²) in [6.07, 6.45) is 5.59. The zero-order chi connectivity index (χ0) is 15.2. The second-order valence-electron chi connectivity index (χ2n) is 5.33. The van der Waals surface area contributed by atoms with Crippen molar-refractivity contribution in [3.63, 3.8) is 0 Å². The lowest BCUT2D eigenvalue weighted by Crippen LogP contribution is -2.67. The van der Waals surface area contributed by atoms with Crippen LogP contribution in [0.1, 0.15) is 25.8 Å². The van der Waals surface area contributed by atoms with E-state index >= 15 is 0 Å². The lowest BCUT2D eigenvalue weighted by Gasteiger charge is -2.08. The van der Waals surface area contributed by atoms with Crippen LogP contribution in [0.25, 0.3) is 11.0 Å². The molecule has 2 aromatic rings. The molecule has 1 heterocycles. The number of fused-ring (bicyclic) bond motifs is 1. The fourth-order valence-corrected chi connectivity index (χ4v) is 2.05. The SMILES string of the molecule is CC(C)C[C@H]([NH3+])C(=O)N/N=C\c1cccc2nccnc12. The summed E-state index contributed by atoms with van der Waals surface area (Å²) in [6.45, 7) is 4.12. The Morgan fingerprint density at radius 3 is 2.90 bits per heavy atom. The highest BCUT2D eigenvalue weighted by molar-refractivity contribution is 5.96. The summed E-state index contributed by atoms with van der Waals surface area (Å²) in [5, 5.41) is 3.99. The van der Waals surface area contributed by atoms with Crippen LogP contribution in [-0.2, 0) is 4.79 Å². The molecule has 0 aliphatic carbocycles. The number of carbonyl (C=O) groups is 1. The Labute approximate surface area is 123 Å². The normalized spacial score (nSPS) is 13.0. The summed E-state index contributed by atoms with van der Waals surface area (Å²) in [5.74, 6) is 0.252. The van der Waals surface area contributed by atoms with Crippen LogP contribution in [0.5, 0.6) is 0 Å². The van der Waals surface area contributed by atoms with E-state index in [0.717, 1.165) is 23.0 Å². The van der Waals surface area contributed by atoms with Crippen molar-refractivity contribution in [2.24, 2.45) is 11.0 Å². The number of aromatic nitrogens is 2. The van der Waals surface area contributed by atoms with E-state index in [1.165, 1.54) is 0 Å². The Morgan fingerprint density at radius 1 is 1.38 bits per heavy atom. The van der Waals surface area contributed by atoms with Gasteiger partial charge in [-0.2, -0.15) is 5.10 Å². The van der Waals surface area contributed by atoms with Gasteiger partial charge in [0.2, 0.25) is 0 Å². The number of nitrogens with zero attached hydrogens (tertiary/aromatic N) is 3. The van der Waals surface area contributed by atoms with Crippen molar-refractivity contribution >= 4 is 23.2 Å². The van der Waals surface area contributed by atoms with Crippen molar-refractivity contribution in [3.8, 4) is 0 Å². The Kier molecular flexibility index (Phi) is 4.94.